The number of carbonyl (C=O) groups excluding carboxylic acids is 1. The Morgan fingerprint density at radius 1 is 1.32 bits per heavy atom. The molecule has 0 saturated heterocycles. The maximum Gasteiger partial charge on any atom is 0.232 e. The first-order valence-electron chi connectivity index (χ1n) is 8.08. The van der Waals surface area contributed by atoms with Gasteiger partial charge in [0.1, 0.15) is 5.75 Å². The van der Waals surface area contributed by atoms with E-state index in [1.807, 2.05) is 18.0 Å². The summed E-state index contributed by atoms with van der Waals surface area (Å²) in [5.74, 6) is 2.52. The molecule has 1 aliphatic carbocycles. The van der Waals surface area contributed by atoms with E-state index in [-0.39, 0.29) is 5.91 Å². The molecule has 22 heavy (non-hydrogen) atoms. The maximum absolute atomic E-state index is 12.3. The average molecular weight is 321 g/mol. The summed E-state index contributed by atoms with van der Waals surface area (Å²) in [6.45, 7) is 2.08. The van der Waals surface area contributed by atoms with Crippen LogP contribution in [0.3, 0.4) is 0 Å². The third-order valence-corrected chi connectivity index (χ3v) is 5.40. The van der Waals surface area contributed by atoms with Crippen molar-refractivity contribution in [3.05, 3.63) is 29.3 Å². The molecule has 2 rings (SSSR count). The highest BCUT2D eigenvalue weighted by molar-refractivity contribution is 7.99. The lowest BCUT2D eigenvalue weighted by atomic mass is 9.94. The SMILES string of the molecule is COc1ccc(C)cc1CSCC(=O)N(C)C1CCCCC1. The van der Waals surface area contributed by atoms with Crippen LogP contribution in [0.5, 0.6) is 5.75 Å². The van der Waals surface area contributed by atoms with Crippen LogP contribution in [0.4, 0.5) is 0 Å². The van der Waals surface area contributed by atoms with Crippen molar-refractivity contribution in [3.63, 3.8) is 0 Å². The number of thioether (sulfide) groups is 1. The third-order valence-electron chi connectivity index (χ3n) is 4.43. The molecule has 0 unspecified atom stereocenters. The molecule has 1 saturated carbocycles. The fraction of sp³-hybridized carbons (Fsp3) is 0.611. The van der Waals surface area contributed by atoms with Crippen LogP contribution < -0.4 is 4.74 Å². The van der Waals surface area contributed by atoms with Crippen LogP contribution in [0, 0.1) is 6.92 Å². The number of amides is 1. The van der Waals surface area contributed by atoms with Crippen LogP contribution in [0.1, 0.15) is 43.2 Å². The molecule has 0 radical (unpaired) electrons. The maximum atomic E-state index is 12.3. The molecular formula is C18H27NO2S. The summed E-state index contributed by atoms with van der Waals surface area (Å²) in [5, 5.41) is 0. The first-order chi connectivity index (χ1) is 10.6. The Hall–Kier alpha value is -1.16. The lowest BCUT2D eigenvalue weighted by Gasteiger charge is -2.31. The van der Waals surface area contributed by atoms with Gasteiger partial charge in [-0.1, -0.05) is 37.0 Å². The predicted molar refractivity (Wildman–Crippen MR) is 93.5 cm³/mol. The van der Waals surface area contributed by atoms with E-state index >= 15 is 0 Å². The van der Waals surface area contributed by atoms with E-state index in [0.29, 0.717) is 11.8 Å². The van der Waals surface area contributed by atoms with Crippen LogP contribution in [-0.2, 0) is 10.5 Å². The minimum absolute atomic E-state index is 0.253. The molecule has 0 heterocycles. The smallest absolute Gasteiger partial charge is 0.232 e. The predicted octanol–water partition coefficient (Wildman–Crippen LogP) is 4.03. The van der Waals surface area contributed by atoms with Gasteiger partial charge in [0.15, 0.2) is 0 Å². The van der Waals surface area contributed by atoms with Crippen LogP contribution in [0.2, 0.25) is 0 Å². The minimum atomic E-state index is 0.253. The number of hydrogen-bond donors (Lipinski definition) is 0. The molecule has 0 atom stereocenters. The minimum Gasteiger partial charge on any atom is -0.496 e. The highest BCUT2D eigenvalue weighted by Crippen LogP contribution is 2.26. The van der Waals surface area contributed by atoms with E-state index in [1.165, 1.54) is 43.2 Å². The number of methoxy groups -OCH3 is 1. The Bertz CT molecular complexity index is 498. The van der Waals surface area contributed by atoms with Gasteiger partial charge in [-0.2, -0.15) is 0 Å². The lowest BCUT2D eigenvalue weighted by molar-refractivity contribution is -0.129. The fourth-order valence-electron chi connectivity index (χ4n) is 3.04. The molecule has 122 valence electrons. The van der Waals surface area contributed by atoms with Gasteiger partial charge >= 0.3 is 0 Å². The van der Waals surface area contributed by atoms with Gasteiger partial charge < -0.3 is 9.64 Å². The first-order valence-corrected chi connectivity index (χ1v) is 9.24. The normalized spacial score (nSPS) is 15.6. The molecule has 0 N–H and O–H groups in total. The molecule has 4 heteroatoms. The molecular weight excluding hydrogens is 294 g/mol. The summed E-state index contributed by atoms with van der Waals surface area (Å²) >= 11 is 1.67. The standard InChI is InChI=1S/C18H27NO2S/c1-14-9-10-17(21-3)15(11-14)12-22-13-18(20)19(2)16-7-5-4-6-8-16/h9-11,16H,4-8,12-13H2,1-3H3. The van der Waals surface area contributed by atoms with Crippen LogP contribution in [0.15, 0.2) is 18.2 Å². The van der Waals surface area contributed by atoms with Crippen molar-refractivity contribution >= 4 is 17.7 Å². The van der Waals surface area contributed by atoms with Crippen LogP contribution in [-0.4, -0.2) is 36.8 Å². The van der Waals surface area contributed by atoms with E-state index in [1.54, 1.807) is 18.9 Å². The summed E-state index contributed by atoms with van der Waals surface area (Å²) in [6.07, 6.45) is 6.17. The van der Waals surface area contributed by atoms with Gasteiger partial charge in [0.2, 0.25) is 5.91 Å². The number of benzene rings is 1. The van der Waals surface area contributed by atoms with Crippen molar-refractivity contribution in [2.45, 2.75) is 50.8 Å². The largest absolute Gasteiger partial charge is 0.496 e. The molecule has 3 nitrogen and oxygen atoms in total. The Morgan fingerprint density at radius 3 is 2.73 bits per heavy atom. The topological polar surface area (TPSA) is 29.5 Å². The molecule has 0 bridgehead atoms. The van der Waals surface area contributed by atoms with Gasteiger partial charge in [0, 0.05) is 24.4 Å². The van der Waals surface area contributed by atoms with Crippen molar-refractivity contribution in [2.24, 2.45) is 0 Å². The van der Waals surface area contributed by atoms with E-state index in [4.69, 9.17) is 4.74 Å². The van der Waals surface area contributed by atoms with Gasteiger partial charge in [-0.25, -0.2) is 0 Å². The van der Waals surface area contributed by atoms with Crippen LogP contribution >= 0.6 is 11.8 Å². The van der Waals surface area contributed by atoms with Crippen molar-refractivity contribution in [1.82, 2.24) is 4.90 Å². The lowest BCUT2D eigenvalue weighted by Crippen LogP contribution is -2.39. The van der Waals surface area contributed by atoms with Crippen molar-refractivity contribution in [3.8, 4) is 5.75 Å². The molecule has 0 aliphatic heterocycles. The average Bonchev–Trinajstić information content (AvgIpc) is 2.55. The first kappa shape index (κ1) is 17.2. The second kappa shape index (κ2) is 8.47. The Balaban J connectivity index is 1.82. The number of nitrogens with zero attached hydrogens (tertiary/aromatic N) is 1. The quantitative estimate of drug-likeness (QED) is 0.792. The number of hydrogen-bond acceptors (Lipinski definition) is 3. The molecule has 0 aromatic heterocycles. The molecule has 1 amide bonds. The van der Waals surface area contributed by atoms with E-state index in [9.17, 15) is 4.79 Å². The van der Waals surface area contributed by atoms with Crippen molar-refractivity contribution in [1.29, 1.82) is 0 Å². The zero-order chi connectivity index (χ0) is 15.9. The van der Waals surface area contributed by atoms with Gasteiger partial charge in [-0.3, -0.25) is 4.79 Å². The Morgan fingerprint density at radius 2 is 2.05 bits per heavy atom. The third kappa shape index (κ3) is 4.67. The van der Waals surface area contributed by atoms with Crippen LogP contribution in [0.25, 0.3) is 0 Å². The van der Waals surface area contributed by atoms with E-state index in [0.717, 1.165) is 11.5 Å². The second-order valence-corrected chi connectivity index (χ2v) is 7.09. The zero-order valence-electron chi connectivity index (χ0n) is 13.9. The van der Waals surface area contributed by atoms with Crippen molar-refractivity contribution < 1.29 is 9.53 Å². The highest BCUT2D eigenvalue weighted by Gasteiger charge is 2.21. The van der Waals surface area contributed by atoms with Crippen molar-refractivity contribution in [2.75, 3.05) is 19.9 Å². The summed E-state index contributed by atoms with van der Waals surface area (Å²) in [7, 11) is 3.66. The molecule has 1 fully saturated rings. The number of rotatable bonds is 6. The molecule has 1 aliphatic rings. The number of ether oxygens (including phenoxy) is 1. The van der Waals surface area contributed by atoms with Gasteiger partial charge in [0.25, 0.3) is 0 Å². The molecule has 1 aromatic rings. The molecule has 0 spiro atoms. The summed E-state index contributed by atoms with van der Waals surface area (Å²) < 4.78 is 5.39. The second-order valence-electron chi connectivity index (χ2n) is 6.10. The monoisotopic (exact) mass is 321 g/mol. The highest BCUT2D eigenvalue weighted by atomic mass is 32.2. The van der Waals surface area contributed by atoms with Gasteiger partial charge in [-0.05, 0) is 25.8 Å². The number of aryl methyl sites for hydroxylation is 1. The zero-order valence-corrected chi connectivity index (χ0v) is 14.7. The van der Waals surface area contributed by atoms with Gasteiger partial charge in [0.05, 0.1) is 12.9 Å². The fourth-order valence-corrected chi connectivity index (χ4v) is 3.97. The summed E-state index contributed by atoms with van der Waals surface area (Å²) in [5.41, 5.74) is 2.39. The summed E-state index contributed by atoms with van der Waals surface area (Å²) in [4.78, 5) is 14.3. The Labute approximate surface area is 138 Å². The molecule has 1 aromatic carbocycles. The van der Waals surface area contributed by atoms with E-state index < -0.39 is 0 Å². The van der Waals surface area contributed by atoms with Gasteiger partial charge in [-0.15, -0.1) is 11.8 Å². The number of carbonyl (C=O) groups is 1. The van der Waals surface area contributed by atoms with E-state index in [2.05, 4.69) is 19.1 Å². The summed E-state index contributed by atoms with van der Waals surface area (Å²) in [6, 6.07) is 6.65. The Kier molecular flexibility index (Phi) is 6.62.